The van der Waals surface area contributed by atoms with Gasteiger partial charge in [-0.1, -0.05) is 35.9 Å². The highest BCUT2D eigenvalue weighted by atomic mass is 35.5. The quantitative estimate of drug-likeness (QED) is 0.399. The third kappa shape index (κ3) is 6.26. The Morgan fingerprint density at radius 1 is 0.935 bits per heavy atom. The molecule has 0 spiro atoms. The summed E-state index contributed by atoms with van der Waals surface area (Å²) >= 11 is 6.03. The summed E-state index contributed by atoms with van der Waals surface area (Å²) in [6, 6.07) is 16.9. The fourth-order valence-corrected chi connectivity index (χ4v) is 3.05. The lowest BCUT2D eigenvalue weighted by Gasteiger charge is -2.14. The monoisotopic (exact) mass is 440 g/mol. The van der Waals surface area contributed by atoms with Crippen molar-refractivity contribution in [2.45, 2.75) is 13.1 Å². The molecule has 2 aromatic carbocycles. The van der Waals surface area contributed by atoms with Crippen molar-refractivity contribution in [3.05, 3.63) is 76.9 Å². The van der Waals surface area contributed by atoms with Crippen LogP contribution in [0.4, 0.5) is 0 Å². The van der Waals surface area contributed by atoms with Gasteiger partial charge < -0.3 is 24.8 Å². The van der Waals surface area contributed by atoms with Crippen LogP contribution in [-0.2, 0) is 13.1 Å². The molecule has 3 aromatic rings. The summed E-state index contributed by atoms with van der Waals surface area (Å²) in [4.78, 5) is 8.62. The molecule has 0 aliphatic rings. The summed E-state index contributed by atoms with van der Waals surface area (Å²) in [7, 11) is 4.89. The number of hydrogen-bond donors (Lipinski definition) is 2. The van der Waals surface area contributed by atoms with Gasteiger partial charge in [-0.3, -0.25) is 4.99 Å². The zero-order valence-electron chi connectivity index (χ0n) is 17.7. The number of aromatic nitrogens is 1. The van der Waals surface area contributed by atoms with Gasteiger partial charge in [0.1, 0.15) is 0 Å². The molecule has 0 saturated heterocycles. The van der Waals surface area contributed by atoms with Crippen molar-refractivity contribution in [2.75, 3.05) is 21.3 Å². The molecule has 0 aliphatic heterocycles. The normalized spacial score (nSPS) is 11.0. The Morgan fingerprint density at radius 3 is 2.19 bits per heavy atom. The molecule has 0 bridgehead atoms. The number of hydrogen-bond acceptors (Lipinski definition) is 5. The van der Waals surface area contributed by atoms with Gasteiger partial charge in [-0.15, -0.1) is 0 Å². The van der Waals surface area contributed by atoms with Gasteiger partial charge in [-0.2, -0.15) is 0 Å². The summed E-state index contributed by atoms with van der Waals surface area (Å²) in [5, 5.41) is 7.23. The molecule has 0 amide bonds. The third-order valence-corrected chi connectivity index (χ3v) is 4.65. The molecule has 7 nitrogen and oxygen atoms in total. The smallest absolute Gasteiger partial charge is 0.219 e. The maximum absolute atomic E-state index is 6.03. The second-order valence-corrected chi connectivity index (χ2v) is 6.94. The van der Waals surface area contributed by atoms with E-state index in [-0.39, 0.29) is 0 Å². The average Bonchev–Trinajstić information content (AvgIpc) is 2.80. The first-order valence-corrected chi connectivity index (χ1v) is 10.0. The van der Waals surface area contributed by atoms with Crippen LogP contribution in [0.2, 0.25) is 5.02 Å². The minimum absolute atomic E-state index is 0.440. The number of nitrogens with zero attached hydrogens (tertiary/aromatic N) is 2. The van der Waals surface area contributed by atoms with Crippen LogP contribution >= 0.6 is 11.6 Å². The van der Waals surface area contributed by atoms with Crippen LogP contribution in [0.3, 0.4) is 0 Å². The van der Waals surface area contributed by atoms with Crippen molar-refractivity contribution in [1.82, 2.24) is 15.6 Å². The predicted molar refractivity (Wildman–Crippen MR) is 122 cm³/mol. The van der Waals surface area contributed by atoms with Crippen molar-refractivity contribution in [1.29, 1.82) is 0 Å². The molecule has 0 aliphatic carbocycles. The molecule has 162 valence electrons. The Balaban J connectivity index is 1.57. The molecule has 0 fully saturated rings. The molecule has 2 N–H and O–H groups in total. The molecule has 0 saturated carbocycles. The van der Waals surface area contributed by atoms with E-state index in [4.69, 9.17) is 25.8 Å². The Morgan fingerprint density at radius 2 is 1.61 bits per heavy atom. The summed E-state index contributed by atoms with van der Waals surface area (Å²) < 4.78 is 16.6. The van der Waals surface area contributed by atoms with Gasteiger partial charge in [-0.05, 0) is 35.4 Å². The van der Waals surface area contributed by atoms with Crippen molar-refractivity contribution in [3.63, 3.8) is 0 Å². The minimum Gasteiger partial charge on any atom is -0.493 e. The number of halogens is 1. The Kier molecular flexibility index (Phi) is 7.95. The minimum atomic E-state index is 0.440. The predicted octanol–water partition coefficient (Wildman–Crippen LogP) is 4.41. The summed E-state index contributed by atoms with van der Waals surface area (Å²) in [5.74, 6) is 2.74. The topological polar surface area (TPSA) is 77.0 Å². The first kappa shape index (κ1) is 22.2. The first-order chi connectivity index (χ1) is 15.1. The van der Waals surface area contributed by atoms with Gasteiger partial charge in [0.25, 0.3) is 0 Å². The second kappa shape index (κ2) is 11.1. The average molecular weight is 441 g/mol. The van der Waals surface area contributed by atoms with Crippen molar-refractivity contribution >= 4 is 17.6 Å². The van der Waals surface area contributed by atoms with E-state index in [0.717, 1.165) is 11.1 Å². The lowest BCUT2D eigenvalue weighted by Crippen LogP contribution is -2.36. The second-order valence-electron chi connectivity index (χ2n) is 6.51. The van der Waals surface area contributed by atoms with Crippen LogP contribution in [0.15, 0.2) is 65.8 Å². The van der Waals surface area contributed by atoms with Gasteiger partial charge in [0.05, 0.1) is 14.2 Å². The molecular formula is C23H25ClN4O3. The van der Waals surface area contributed by atoms with Gasteiger partial charge in [0.2, 0.25) is 11.6 Å². The van der Waals surface area contributed by atoms with E-state index >= 15 is 0 Å². The van der Waals surface area contributed by atoms with E-state index in [1.165, 1.54) is 0 Å². The molecule has 1 heterocycles. The fraction of sp³-hybridized carbons (Fsp3) is 0.217. The first-order valence-electron chi connectivity index (χ1n) is 9.65. The number of ether oxygens (including phenoxy) is 3. The highest BCUT2D eigenvalue weighted by Gasteiger charge is 2.13. The van der Waals surface area contributed by atoms with Gasteiger partial charge in [-0.25, -0.2) is 4.98 Å². The fourth-order valence-electron chi connectivity index (χ4n) is 2.84. The number of pyridine rings is 1. The molecule has 0 radical (unpaired) electrons. The Hall–Kier alpha value is -3.45. The zero-order valence-corrected chi connectivity index (χ0v) is 18.4. The van der Waals surface area contributed by atoms with E-state index in [1.54, 1.807) is 45.7 Å². The number of benzene rings is 2. The van der Waals surface area contributed by atoms with Crippen LogP contribution in [0.1, 0.15) is 11.1 Å². The lowest BCUT2D eigenvalue weighted by molar-refractivity contribution is 0.342. The largest absolute Gasteiger partial charge is 0.493 e. The number of para-hydroxylation sites is 1. The molecule has 31 heavy (non-hydrogen) atoms. The number of guanidine groups is 1. The van der Waals surface area contributed by atoms with Gasteiger partial charge >= 0.3 is 0 Å². The number of nitrogens with one attached hydrogen (secondary N) is 2. The molecule has 1 aromatic heterocycles. The number of rotatable bonds is 8. The lowest BCUT2D eigenvalue weighted by atomic mass is 10.2. The van der Waals surface area contributed by atoms with Crippen LogP contribution < -0.4 is 24.8 Å². The van der Waals surface area contributed by atoms with E-state index < -0.39 is 0 Å². The van der Waals surface area contributed by atoms with Gasteiger partial charge in [0, 0.05) is 37.4 Å². The number of methoxy groups -OCH3 is 2. The third-order valence-electron chi connectivity index (χ3n) is 4.42. The van der Waals surface area contributed by atoms with E-state index in [2.05, 4.69) is 20.6 Å². The van der Waals surface area contributed by atoms with Gasteiger partial charge in [0.15, 0.2) is 17.5 Å². The molecule has 8 heteroatoms. The van der Waals surface area contributed by atoms with Crippen molar-refractivity contribution < 1.29 is 14.2 Å². The number of aliphatic imine (C=N–C) groups is 1. The van der Waals surface area contributed by atoms with Crippen LogP contribution in [0.25, 0.3) is 0 Å². The van der Waals surface area contributed by atoms with E-state index in [1.807, 2.05) is 36.4 Å². The van der Waals surface area contributed by atoms with E-state index in [9.17, 15) is 0 Å². The molecule has 0 unspecified atom stereocenters. The summed E-state index contributed by atoms with van der Waals surface area (Å²) in [6.45, 7) is 1.17. The highest BCUT2D eigenvalue weighted by Crippen LogP contribution is 2.39. The zero-order chi connectivity index (χ0) is 22.1. The maximum atomic E-state index is 6.03. The summed E-state index contributed by atoms with van der Waals surface area (Å²) in [6.07, 6.45) is 1.74. The molecular weight excluding hydrogens is 416 g/mol. The van der Waals surface area contributed by atoms with Crippen molar-refractivity contribution in [2.24, 2.45) is 4.99 Å². The Bertz CT molecular complexity index is 1000. The standard InChI is InChI=1S/C23H25ClN4O3/c1-25-23(27-13-16-6-4-7-18(24)12-16)28-15-17-10-11-21(26-14-17)31-22-19(29-2)8-5-9-20(22)30-3/h4-12,14H,13,15H2,1-3H3,(H2,25,27,28). The van der Waals surface area contributed by atoms with Crippen LogP contribution in [0, 0.1) is 0 Å². The van der Waals surface area contributed by atoms with E-state index in [0.29, 0.717) is 47.2 Å². The maximum Gasteiger partial charge on any atom is 0.219 e. The SMILES string of the molecule is CN=C(NCc1ccc(Oc2c(OC)cccc2OC)nc1)NCc1cccc(Cl)c1. The molecule has 0 atom stereocenters. The van der Waals surface area contributed by atoms with Crippen molar-refractivity contribution in [3.8, 4) is 23.1 Å². The molecule has 3 rings (SSSR count). The Labute approximate surface area is 187 Å². The van der Waals surface area contributed by atoms with Crippen LogP contribution in [-0.4, -0.2) is 32.2 Å². The summed E-state index contributed by atoms with van der Waals surface area (Å²) in [5.41, 5.74) is 2.05. The highest BCUT2D eigenvalue weighted by molar-refractivity contribution is 6.30. The van der Waals surface area contributed by atoms with Crippen LogP contribution in [0.5, 0.6) is 23.1 Å².